The Kier molecular flexibility index (Phi) is 8.53. The molecule has 3 N–H and O–H groups in total. The number of benzene rings is 2. The molecule has 1 amide bonds. The van der Waals surface area contributed by atoms with E-state index in [1.807, 2.05) is 26.0 Å². The van der Waals surface area contributed by atoms with Gasteiger partial charge in [-0.05, 0) is 35.4 Å². The van der Waals surface area contributed by atoms with Gasteiger partial charge < -0.3 is 15.2 Å². The number of carbonyl (C=O) groups excluding carboxylic acids is 2. The van der Waals surface area contributed by atoms with E-state index >= 15 is 0 Å². The molecule has 0 saturated carbocycles. The summed E-state index contributed by atoms with van der Waals surface area (Å²) in [6.45, 7) is 3.04. The van der Waals surface area contributed by atoms with Crippen LogP contribution in [0.2, 0.25) is 10.0 Å². The van der Waals surface area contributed by atoms with Crippen molar-refractivity contribution < 1.29 is 27.5 Å². The lowest BCUT2D eigenvalue weighted by molar-refractivity contribution is -0.120. The standard InChI is InChI=1S/C21H24Cl2N2O6S/c1-21(2,14-8-17(22)20(18(23)9-14)31-12-19(24)27)13-4-6-16(7-5-13)30-11-15(26)10-25-32(3,28)29/h4-9,25H,10-12H2,1-3H3,(H2,24,27). The third kappa shape index (κ3) is 7.37. The number of primary amides is 1. The first-order chi connectivity index (χ1) is 14.8. The number of carbonyl (C=O) groups is 2. The van der Waals surface area contributed by atoms with Crippen molar-refractivity contribution in [2.75, 3.05) is 26.0 Å². The average Bonchev–Trinajstić information content (AvgIpc) is 2.69. The number of ether oxygens (including phenoxy) is 2. The predicted octanol–water partition coefficient (Wildman–Crippen LogP) is 2.68. The highest BCUT2D eigenvalue weighted by Gasteiger charge is 2.26. The van der Waals surface area contributed by atoms with E-state index in [0.29, 0.717) is 5.75 Å². The topological polar surface area (TPSA) is 125 Å². The fourth-order valence-corrected chi connectivity index (χ4v) is 3.78. The van der Waals surface area contributed by atoms with Gasteiger partial charge in [-0.1, -0.05) is 49.2 Å². The van der Waals surface area contributed by atoms with E-state index in [1.54, 1.807) is 24.3 Å². The molecule has 0 aliphatic rings. The zero-order valence-electron chi connectivity index (χ0n) is 17.8. The summed E-state index contributed by atoms with van der Waals surface area (Å²) in [7, 11) is -3.44. The zero-order valence-corrected chi connectivity index (χ0v) is 20.1. The zero-order chi connectivity index (χ0) is 24.1. The average molecular weight is 503 g/mol. The molecule has 2 aromatic rings. The maximum Gasteiger partial charge on any atom is 0.255 e. The maximum atomic E-state index is 11.7. The smallest absolute Gasteiger partial charge is 0.255 e. The molecule has 0 saturated heterocycles. The Bertz CT molecular complexity index is 1080. The fraction of sp³-hybridized carbons (Fsp3) is 0.333. The van der Waals surface area contributed by atoms with E-state index in [9.17, 15) is 18.0 Å². The minimum absolute atomic E-state index is 0.186. The highest BCUT2D eigenvalue weighted by molar-refractivity contribution is 7.88. The highest BCUT2D eigenvalue weighted by Crippen LogP contribution is 2.40. The Balaban J connectivity index is 2.11. The van der Waals surface area contributed by atoms with Crippen molar-refractivity contribution in [1.29, 1.82) is 0 Å². The Morgan fingerprint density at radius 1 is 1.00 bits per heavy atom. The molecule has 8 nitrogen and oxygen atoms in total. The number of rotatable bonds is 11. The van der Waals surface area contributed by atoms with E-state index in [2.05, 4.69) is 4.72 Å². The van der Waals surface area contributed by atoms with Crippen LogP contribution in [0.1, 0.15) is 25.0 Å². The number of halogens is 2. The molecule has 0 aromatic heterocycles. The summed E-state index contributed by atoms with van der Waals surface area (Å²) in [5, 5.41) is 0.506. The van der Waals surface area contributed by atoms with Crippen molar-refractivity contribution in [3.05, 3.63) is 57.6 Å². The van der Waals surface area contributed by atoms with E-state index in [-0.39, 0.29) is 35.6 Å². The number of sulfonamides is 1. The first kappa shape index (κ1) is 25.9. The van der Waals surface area contributed by atoms with Crippen molar-refractivity contribution in [2.45, 2.75) is 19.3 Å². The van der Waals surface area contributed by atoms with Gasteiger partial charge in [-0.2, -0.15) is 0 Å². The molecule has 0 bridgehead atoms. The summed E-state index contributed by atoms with van der Waals surface area (Å²) < 4.78 is 34.9. The van der Waals surface area contributed by atoms with Crippen LogP contribution < -0.4 is 19.9 Å². The minimum Gasteiger partial charge on any atom is -0.486 e. The number of hydrogen-bond donors (Lipinski definition) is 2. The van der Waals surface area contributed by atoms with E-state index in [1.165, 1.54) is 0 Å². The molecule has 0 aliphatic carbocycles. The van der Waals surface area contributed by atoms with Crippen LogP contribution in [0.15, 0.2) is 36.4 Å². The number of amides is 1. The number of ketones is 1. The monoisotopic (exact) mass is 502 g/mol. The molecular formula is C21H24Cl2N2O6S. The van der Waals surface area contributed by atoms with Crippen LogP contribution in [0.5, 0.6) is 11.5 Å². The lowest BCUT2D eigenvalue weighted by atomic mass is 9.78. The van der Waals surface area contributed by atoms with Gasteiger partial charge in [0.2, 0.25) is 10.0 Å². The van der Waals surface area contributed by atoms with Gasteiger partial charge in [-0.3, -0.25) is 9.59 Å². The van der Waals surface area contributed by atoms with Crippen LogP contribution in [-0.2, 0) is 25.0 Å². The first-order valence-corrected chi connectivity index (χ1v) is 12.0. The Morgan fingerprint density at radius 3 is 2.06 bits per heavy atom. The van der Waals surface area contributed by atoms with Crippen LogP contribution >= 0.6 is 23.2 Å². The van der Waals surface area contributed by atoms with Crippen LogP contribution in [0, 0.1) is 0 Å². The van der Waals surface area contributed by atoms with Gasteiger partial charge in [0, 0.05) is 5.41 Å². The van der Waals surface area contributed by atoms with Crippen LogP contribution in [0.25, 0.3) is 0 Å². The summed E-state index contributed by atoms with van der Waals surface area (Å²) in [5.41, 5.74) is 6.33. The second kappa shape index (κ2) is 10.5. The third-order valence-electron chi connectivity index (χ3n) is 4.59. The van der Waals surface area contributed by atoms with Crippen molar-refractivity contribution in [3.63, 3.8) is 0 Å². The third-order valence-corrected chi connectivity index (χ3v) is 5.82. The van der Waals surface area contributed by atoms with Crippen LogP contribution in [-0.4, -0.2) is 46.1 Å². The molecular weight excluding hydrogens is 479 g/mol. The van der Waals surface area contributed by atoms with Crippen molar-refractivity contribution >= 4 is 44.9 Å². The first-order valence-electron chi connectivity index (χ1n) is 9.40. The SMILES string of the molecule is CC(C)(c1ccc(OCC(=O)CNS(C)(=O)=O)cc1)c1cc(Cl)c(OCC(N)=O)c(Cl)c1. The molecule has 2 aromatic carbocycles. The molecule has 2 rings (SSSR count). The summed E-state index contributed by atoms with van der Waals surface area (Å²) in [4.78, 5) is 22.7. The molecule has 174 valence electrons. The Morgan fingerprint density at radius 2 is 1.56 bits per heavy atom. The summed E-state index contributed by atoms with van der Waals surface area (Å²) in [6, 6.07) is 10.5. The molecule has 0 unspecified atom stereocenters. The fourth-order valence-electron chi connectivity index (χ4n) is 2.76. The number of Topliss-reactive ketones (excluding diaryl/α,β-unsaturated/α-hetero) is 1. The Hall–Kier alpha value is -2.33. The van der Waals surface area contributed by atoms with Gasteiger partial charge in [0.25, 0.3) is 5.91 Å². The summed E-state index contributed by atoms with van der Waals surface area (Å²) in [6.07, 6.45) is 0.976. The number of nitrogens with two attached hydrogens (primary N) is 1. The van der Waals surface area contributed by atoms with Gasteiger partial charge >= 0.3 is 0 Å². The molecule has 32 heavy (non-hydrogen) atoms. The molecule has 0 spiro atoms. The van der Waals surface area contributed by atoms with Gasteiger partial charge in [0.05, 0.1) is 22.8 Å². The molecule has 0 atom stereocenters. The highest BCUT2D eigenvalue weighted by atomic mass is 35.5. The quantitative estimate of drug-likeness (QED) is 0.486. The lowest BCUT2D eigenvalue weighted by Crippen LogP contribution is -2.31. The van der Waals surface area contributed by atoms with Crippen LogP contribution in [0.4, 0.5) is 0 Å². The van der Waals surface area contributed by atoms with Gasteiger partial charge in [-0.25, -0.2) is 13.1 Å². The second-order valence-corrected chi connectivity index (χ2v) is 10.2. The van der Waals surface area contributed by atoms with Gasteiger partial charge in [0.1, 0.15) is 12.4 Å². The van der Waals surface area contributed by atoms with Crippen molar-refractivity contribution in [1.82, 2.24) is 4.72 Å². The lowest BCUT2D eigenvalue weighted by Gasteiger charge is -2.27. The van der Waals surface area contributed by atoms with Crippen LogP contribution in [0.3, 0.4) is 0 Å². The van der Waals surface area contributed by atoms with Crippen molar-refractivity contribution in [2.24, 2.45) is 5.73 Å². The van der Waals surface area contributed by atoms with E-state index < -0.39 is 27.1 Å². The number of hydrogen-bond acceptors (Lipinski definition) is 6. The van der Waals surface area contributed by atoms with Crippen molar-refractivity contribution in [3.8, 4) is 11.5 Å². The normalized spacial score (nSPS) is 11.8. The van der Waals surface area contributed by atoms with E-state index in [0.717, 1.165) is 17.4 Å². The molecule has 0 radical (unpaired) electrons. The van der Waals surface area contributed by atoms with Gasteiger partial charge in [-0.15, -0.1) is 0 Å². The molecule has 0 aliphatic heterocycles. The summed E-state index contributed by atoms with van der Waals surface area (Å²) in [5.74, 6) is -0.394. The molecule has 11 heteroatoms. The maximum absolute atomic E-state index is 11.7. The molecule has 0 heterocycles. The molecule has 0 fully saturated rings. The largest absolute Gasteiger partial charge is 0.486 e. The number of nitrogens with one attached hydrogen (secondary N) is 1. The summed E-state index contributed by atoms with van der Waals surface area (Å²) >= 11 is 12.6. The minimum atomic E-state index is -3.44. The Labute approximate surface area is 197 Å². The van der Waals surface area contributed by atoms with E-state index in [4.69, 9.17) is 38.4 Å². The predicted molar refractivity (Wildman–Crippen MR) is 123 cm³/mol. The van der Waals surface area contributed by atoms with Gasteiger partial charge in [0.15, 0.2) is 18.1 Å². The second-order valence-electron chi connectivity index (χ2n) is 7.59.